The average molecular weight is 1090 g/mol. The molecule has 3 rings (SSSR count). The van der Waals surface area contributed by atoms with E-state index in [0.717, 1.165) is 16.9 Å². The van der Waals surface area contributed by atoms with E-state index in [1.807, 2.05) is 92.6 Å². The van der Waals surface area contributed by atoms with Gasteiger partial charge in [0.2, 0.25) is 5.91 Å². The highest BCUT2D eigenvalue weighted by Gasteiger charge is 2.28. The predicted molar refractivity (Wildman–Crippen MR) is 303 cm³/mol. The summed E-state index contributed by atoms with van der Waals surface area (Å²) in [7, 11) is 0. The lowest BCUT2D eigenvalue weighted by molar-refractivity contribution is -0.152. The van der Waals surface area contributed by atoms with Crippen molar-refractivity contribution in [1.82, 2.24) is 16.0 Å². The molecular formula is C57H87N3O11S3. The molecule has 0 heterocycles. The Hall–Kier alpha value is -4.55. The SMILES string of the molecule is CC(C)(C)C(=O)NC(SCCOC(=O)C(C)(C)C)c1ccc(C(=O)O)cc1.CC(C)(C)NC(SCCOC(=O)C(C)(C)C)c1ccc(C(=O)O)cc1.CC(C)(C)NC(SCCOC(=O)C(C)(C)C)c1ccccc1. The lowest BCUT2D eigenvalue weighted by atomic mass is 9.95. The van der Waals surface area contributed by atoms with Crippen LogP contribution in [0.1, 0.15) is 178 Å². The number of carboxylic acid groups (broad SMARTS) is 2. The molecule has 0 bridgehead atoms. The van der Waals surface area contributed by atoms with E-state index in [4.69, 9.17) is 24.4 Å². The third kappa shape index (κ3) is 28.4. The molecule has 0 fully saturated rings. The number of carbonyl (C=O) groups excluding carboxylic acids is 4. The third-order valence-corrected chi connectivity index (χ3v) is 13.1. The second kappa shape index (κ2) is 30.3. The Morgan fingerprint density at radius 3 is 0.973 bits per heavy atom. The van der Waals surface area contributed by atoms with Crippen LogP contribution in [0.15, 0.2) is 78.9 Å². The zero-order valence-electron chi connectivity index (χ0n) is 47.3. The summed E-state index contributed by atoms with van der Waals surface area (Å²) in [5.41, 5.74) is 1.33. The molecule has 1 amide bonds. The van der Waals surface area contributed by atoms with Gasteiger partial charge in [-0.25, -0.2) is 9.59 Å². The minimum Gasteiger partial charge on any atom is -0.478 e. The van der Waals surface area contributed by atoms with Crippen LogP contribution in [-0.4, -0.2) is 94.1 Å². The molecule has 0 saturated carbocycles. The first-order valence-corrected chi connectivity index (χ1v) is 27.9. The molecule has 74 heavy (non-hydrogen) atoms. The van der Waals surface area contributed by atoms with Gasteiger partial charge in [0.25, 0.3) is 0 Å². The highest BCUT2D eigenvalue weighted by molar-refractivity contribution is 8.00. The van der Waals surface area contributed by atoms with Crippen molar-refractivity contribution in [2.75, 3.05) is 37.1 Å². The van der Waals surface area contributed by atoms with E-state index in [0.29, 0.717) is 24.7 Å². The van der Waals surface area contributed by atoms with Crippen LogP contribution in [0.4, 0.5) is 0 Å². The van der Waals surface area contributed by atoms with Gasteiger partial charge in [-0.2, -0.15) is 0 Å². The molecule has 0 aliphatic heterocycles. The van der Waals surface area contributed by atoms with E-state index < -0.39 is 33.6 Å². The van der Waals surface area contributed by atoms with Crippen LogP contribution in [0, 0.1) is 21.7 Å². The average Bonchev–Trinajstić information content (AvgIpc) is 3.27. The van der Waals surface area contributed by atoms with Gasteiger partial charge < -0.3 is 29.7 Å². The van der Waals surface area contributed by atoms with Gasteiger partial charge in [-0.1, -0.05) is 75.4 Å². The fourth-order valence-electron chi connectivity index (χ4n) is 5.57. The van der Waals surface area contributed by atoms with E-state index in [-0.39, 0.29) is 68.7 Å². The maximum Gasteiger partial charge on any atom is 0.335 e. The molecule has 0 aromatic heterocycles. The van der Waals surface area contributed by atoms with Crippen LogP contribution >= 0.6 is 35.3 Å². The van der Waals surface area contributed by atoms with Gasteiger partial charge in [-0.15, -0.1) is 35.3 Å². The summed E-state index contributed by atoms with van der Waals surface area (Å²) >= 11 is 4.83. The van der Waals surface area contributed by atoms with Gasteiger partial charge in [0.05, 0.1) is 38.1 Å². The minimum atomic E-state index is -1.00. The van der Waals surface area contributed by atoms with Crippen molar-refractivity contribution in [2.45, 2.75) is 152 Å². The maximum atomic E-state index is 12.4. The van der Waals surface area contributed by atoms with Gasteiger partial charge in [-0.3, -0.25) is 29.8 Å². The number of benzene rings is 3. The number of thioether (sulfide) groups is 3. The summed E-state index contributed by atoms with van der Waals surface area (Å²) in [6, 6.07) is 23.6. The molecule has 3 unspecified atom stereocenters. The van der Waals surface area contributed by atoms with Crippen molar-refractivity contribution in [2.24, 2.45) is 21.7 Å². The zero-order valence-corrected chi connectivity index (χ0v) is 49.7. The molecule has 3 aromatic rings. The Balaban J connectivity index is 0.000000558. The Kier molecular flexibility index (Phi) is 27.6. The first-order chi connectivity index (χ1) is 33.8. The van der Waals surface area contributed by atoms with Crippen molar-refractivity contribution in [3.63, 3.8) is 0 Å². The number of amides is 1. The van der Waals surface area contributed by atoms with Crippen LogP contribution in [0.3, 0.4) is 0 Å². The van der Waals surface area contributed by atoms with E-state index in [9.17, 15) is 28.8 Å². The second-order valence-electron chi connectivity index (χ2n) is 23.7. The zero-order chi connectivity index (χ0) is 56.9. The molecule has 0 aliphatic rings. The number of aromatic carboxylic acids is 2. The van der Waals surface area contributed by atoms with Crippen LogP contribution in [-0.2, 0) is 33.4 Å². The van der Waals surface area contributed by atoms with Gasteiger partial charge in [0.1, 0.15) is 25.2 Å². The van der Waals surface area contributed by atoms with Crippen molar-refractivity contribution < 1.29 is 53.2 Å². The monoisotopic (exact) mass is 1090 g/mol. The van der Waals surface area contributed by atoms with Crippen molar-refractivity contribution in [1.29, 1.82) is 0 Å². The van der Waals surface area contributed by atoms with Gasteiger partial charge in [0.15, 0.2) is 0 Å². The molecular weight excluding hydrogens is 999 g/mol. The fraction of sp³-hybridized carbons (Fsp3) is 0.579. The molecule has 0 aliphatic carbocycles. The number of nitrogens with one attached hydrogen (secondary N) is 3. The van der Waals surface area contributed by atoms with Gasteiger partial charge in [0, 0.05) is 33.8 Å². The summed E-state index contributed by atoms with van der Waals surface area (Å²) in [6.07, 6.45) is 0. The first kappa shape index (κ1) is 67.5. The number of carboxylic acids is 2. The second-order valence-corrected chi connectivity index (χ2v) is 27.3. The van der Waals surface area contributed by atoms with Crippen LogP contribution in [0.2, 0.25) is 0 Å². The highest BCUT2D eigenvalue weighted by Crippen LogP contribution is 2.32. The third-order valence-electron chi connectivity index (χ3n) is 9.73. The summed E-state index contributed by atoms with van der Waals surface area (Å²) in [5.74, 6) is -0.768. The lowest BCUT2D eigenvalue weighted by Crippen LogP contribution is -2.38. The molecule has 17 heteroatoms. The molecule has 0 saturated heterocycles. The number of esters is 3. The Morgan fingerprint density at radius 1 is 0.419 bits per heavy atom. The van der Waals surface area contributed by atoms with Crippen LogP contribution < -0.4 is 16.0 Å². The normalized spacial score (nSPS) is 13.3. The Bertz CT molecular complexity index is 2220. The van der Waals surface area contributed by atoms with Crippen LogP contribution in [0.25, 0.3) is 0 Å². The molecule has 0 radical (unpaired) electrons. The van der Waals surface area contributed by atoms with E-state index in [1.54, 1.807) is 68.6 Å². The largest absolute Gasteiger partial charge is 0.478 e. The fourth-order valence-corrected chi connectivity index (χ4v) is 8.92. The summed E-state index contributed by atoms with van der Waals surface area (Å²) in [4.78, 5) is 69.8. The van der Waals surface area contributed by atoms with Crippen LogP contribution in [0.5, 0.6) is 0 Å². The first-order valence-electron chi connectivity index (χ1n) is 24.8. The molecule has 3 atom stereocenters. The minimum absolute atomic E-state index is 0.0174. The number of ether oxygens (including phenoxy) is 3. The Morgan fingerprint density at radius 2 is 0.703 bits per heavy atom. The summed E-state index contributed by atoms with van der Waals surface area (Å²) < 4.78 is 15.9. The smallest absolute Gasteiger partial charge is 0.335 e. The van der Waals surface area contributed by atoms with Crippen molar-refractivity contribution >= 4 is 71.0 Å². The number of hydrogen-bond acceptors (Lipinski definition) is 14. The van der Waals surface area contributed by atoms with E-state index >= 15 is 0 Å². The van der Waals surface area contributed by atoms with Gasteiger partial charge >= 0.3 is 29.8 Å². The summed E-state index contributed by atoms with van der Waals surface area (Å²) in [6.45, 7) is 35.7. The maximum absolute atomic E-state index is 12.4. The van der Waals surface area contributed by atoms with E-state index in [2.05, 4.69) is 69.6 Å². The summed E-state index contributed by atoms with van der Waals surface area (Å²) in [5, 5.41) is 28.0. The predicted octanol–water partition coefficient (Wildman–Crippen LogP) is 12.4. The quantitative estimate of drug-likeness (QED) is 0.0309. The molecule has 14 nitrogen and oxygen atoms in total. The van der Waals surface area contributed by atoms with E-state index in [1.165, 1.54) is 29.5 Å². The highest BCUT2D eigenvalue weighted by atomic mass is 32.2. The molecule has 414 valence electrons. The molecule has 0 spiro atoms. The number of hydrogen-bond donors (Lipinski definition) is 5. The number of carbonyl (C=O) groups is 6. The molecule has 5 N–H and O–H groups in total. The Labute approximate surface area is 455 Å². The number of rotatable bonds is 20. The standard InChI is InChI=1S/C20H29NO5S.C19H29NO4S.C18H29NO2S/c1-19(2,3)17(24)21-15(13-7-9-14(10-8-13)16(22)23)27-12-11-26-18(25)20(4,5)6;1-18(2,3)17(23)24-11-12-25-15(20-19(4,5)6)13-7-9-14(10-8-13)16(21)22;1-17(2,3)16(20)21-12-13-22-15(19-18(4,5)6)14-10-8-7-9-11-14/h7-10,15H,11-12H2,1-6H3,(H,21,24)(H,22,23);7-10,15,20H,11-12H2,1-6H3,(H,21,22);7-11,15,19H,12-13H2,1-6H3. The lowest BCUT2D eigenvalue weighted by Gasteiger charge is -2.28. The van der Waals surface area contributed by atoms with Crippen molar-refractivity contribution in [3.8, 4) is 0 Å². The topological polar surface area (TPSA) is 207 Å². The van der Waals surface area contributed by atoms with Gasteiger partial charge in [-0.05, 0) is 145 Å². The molecule has 3 aromatic carbocycles. The van der Waals surface area contributed by atoms with Crippen molar-refractivity contribution in [3.05, 3.63) is 107 Å².